The van der Waals surface area contributed by atoms with E-state index in [1.165, 1.54) is 0 Å². The van der Waals surface area contributed by atoms with E-state index < -0.39 is 18.2 Å². The first-order valence-corrected chi connectivity index (χ1v) is 4.19. The van der Waals surface area contributed by atoms with Crippen molar-refractivity contribution in [1.82, 2.24) is 0 Å². The summed E-state index contributed by atoms with van der Waals surface area (Å²) in [7, 11) is -10.6. The Hall–Kier alpha value is 1.90. The smallest absolute Gasteiger partial charge is 0.822 e. The summed E-state index contributed by atoms with van der Waals surface area (Å²) in [5, 5.41) is 0. The average Bonchev–Trinajstić information content (AvgIpc) is 1.12. The van der Waals surface area contributed by atoms with Crippen molar-refractivity contribution in [3.8, 4) is 0 Å². The maximum absolute atomic E-state index is 8.55. The van der Waals surface area contributed by atoms with Crippen LogP contribution in [0.2, 0.25) is 0 Å². The number of rotatable bonds is 0. The monoisotopic (exact) mass is 422 g/mol. The van der Waals surface area contributed by atoms with Crippen molar-refractivity contribution in [2.45, 2.75) is 0 Å². The van der Waals surface area contributed by atoms with E-state index in [4.69, 9.17) is 36.8 Å². The third-order valence-corrected chi connectivity index (χ3v) is 0. The van der Waals surface area contributed by atoms with Crippen LogP contribution < -0.4 is 44.2 Å². The van der Waals surface area contributed by atoms with Gasteiger partial charge >= 0.3 is 29.6 Å². The third kappa shape index (κ3) is 391. The van der Waals surface area contributed by atoms with Gasteiger partial charge in [0, 0.05) is 37.7 Å². The zero-order chi connectivity index (χ0) is 9.00. The first-order valence-electron chi connectivity index (χ1n) is 1.40. The summed E-state index contributed by atoms with van der Waals surface area (Å²) in [6.45, 7) is 0. The fraction of sp³-hybridized carbons (Fsp3) is 0. The van der Waals surface area contributed by atoms with Crippen LogP contribution in [-0.2, 0) is 15.0 Å². The van der Waals surface area contributed by atoms with Gasteiger partial charge in [0.2, 0.25) is 0 Å². The van der Waals surface area contributed by atoms with Gasteiger partial charge in [0.15, 0.2) is 0 Å². The molecule has 0 aliphatic carbocycles. The van der Waals surface area contributed by atoms with Gasteiger partial charge in [0.1, 0.15) is 0 Å². The first kappa shape index (κ1) is 23.6. The minimum absolute atomic E-state index is 0. The van der Waals surface area contributed by atoms with Crippen LogP contribution in [0.4, 0.5) is 0 Å². The van der Waals surface area contributed by atoms with Crippen molar-refractivity contribution in [2.24, 2.45) is 0 Å². The Balaban J connectivity index is -0.0000000457. The van der Waals surface area contributed by atoms with Crippen LogP contribution in [0.25, 0.3) is 0 Å². The zero-order valence-corrected chi connectivity index (χ0v) is 13.2. The van der Waals surface area contributed by atoms with E-state index in [2.05, 4.69) is 0 Å². The largest absolute Gasteiger partial charge is 1.00 e. The predicted octanol–water partition coefficient (Wildman–Crippen LogP) is -7.54. The molecule has 0 aromatic heterocycles. The quantitative estimate of drug-likeness (QED) is 0.161. The van der Waals surface area contributed by atoms with Gasteiger partial charge in [-0.2, -0.15) is 7.82 Å². The Morgan fingerprint density at radius 1 is 1.00 bits per heavy atom. The molecule has 0 heterocycles. The topological polar surface area (TPSA) is 167 Å². The van der Waals surface area contributed by atoms with Crippen LogP contribution in [0.3, 0.4) is 0 Å². The molecular weight excluding hydrogens is 421 g/mol. The molecule has 0 saturated heterocycles. The summed E-state index contributed by atoms with van der Waals surface area (Å²) < 4.78 is 42.6. The molecule has 0 unspecified atom stereocenters. The molecule has 12 heavy (non-hydrogen) atoms. The molecule has 0 amide bonds. The van der Waals surface area contributed by atoms with Crippen molar-refractivity contribution < 1.29 is 66.3 Å². The van der Waals surface area contributed by atoms with E-state index in [1.807, 2.05) is 0 Å². The molecule has 0 aromatic rings. The van der Waals surface area contributed by atoms with Gasteiger partial charge in [-0.25, -0.2) is 0 Å². The number of phosphoric acid groups is 1. The molecule has 8 nitrogen and oxygen atoms in total. The SMILES string of the molecule is O=P([O-])([O-])[O-].O=S(=O)([O-])[O-].[Na+].[Pb]. The molecule has 0 spiro atoms. The van der Waals surface area contributed by atoms with E-state index in [0.29, 0.717) is 0 Å². The Bertz CT molecular complexity index is 197. The molecule has 0 aliphatic rings. The summed E-state index contributed by atoms with van der Waals surface area (Å²) in [6.07, 6.45) is 0. The van der Waals surface area contributed by atoms with Gasteiger partial charge in [-0.05, 0) is 0 Å². The molecule has 0 aromatic carbocycles. The second-order valence-electron chi connectivity index (χ2n) is 0.855. The summed E-state index contributed by atoms with van der Waals surface area (Å²) in [5.74, 6) is 0. The predicted molar refractivity (Wildman–Crippen MR) is 23.8 cm³/mol. The maximum Gasteiger partial charge on any atom is 1.00 e. The van der Waals surface area contributed by atoms with Crippen LogP contribution >= 0.6 is 7.82 Å². The van der Waals surface area contributed by atoms with Crippen molar-refractivity contribution in [2.75, 3.05) is 0 Å². The normalized spacial score (nSPS) is 9.75. The van der Waals surface area contributed by atoms with Gasteiger partial charge in [0.25, 0.3) is 0 Å². The van der Waals surface area contributed by atoms with Crippen molar-refractivity contribution >= 4 is 45.5 Å². The Kier molecular flexibility index (Phi) is 18.6. The molecule has 0 atom stereocenters. The second kappa shape index (κ2) is 9.46. The van der Waals surface area contributed by atoms with E-state index in [9.17, 15) is 0 Å². The maximum atomic E-state index is 8.55. The molecule has 0 saturated carbocycles. The molecular formula is NaO8PPbS-4. The molecule has 68 valence electrons. The summed E-state index contributed by atoms with van der Waals surface area (Å²) >= 11 is 0. The molecule has 0 rings (SSSR count). The molecule has 4 radical (unpaired) electrons. The van der Waals surface area contributed by atoms with E-state index in [-0.39, 0.29) is 56.9 Å². The van der Waals surface area contributed by atoms with Crippen molar-refractivity contribution in [3.63, 3.8) is 0 Å². The Morgan fingerprint density at radius 2 is 1.00 bits per heavy atom. The van der Waals surface area contributed by atoms with Gasteiger partial charge in [-0.3, -0.25) is 8.42 Å². The fourth-order valence-corrected chi connectivity index (χ4v) is 0. The van der Waals surface area contributed by atoms with Crippen molar-refractivity contribution in [1.29, 1.82) is 0 Å². The molecule has 0 fully saturated rings. The molecule has 0 bridgehead atoms. The second-order valence-corrected chi connectivity index (χ2v) is 2.57. The van der Waals surface area contributed by atoms with E-state index >= 15 is 0 Å². The van der Waals surface area contributed by atoms with Crippen molar-refractivity contribution in [3.05, 3.63) is 0 Å². The van der Waals surface area contributed by atoms with Crippen LogP contribution in [-0.4, -0.2) is 44.8 Å². The number of hydrogen-bond donors (Lipinski definition) is 0. The van der Waals surface area contributed by atoms with Crippen LogP contribution in [0.5, 0.6) is 0 Å². The zero-order valence-electron chi connectivity index (χ0n) is 5.62. The minimum atomic E-state index is -5.39. The van der Waals surface area contributed by atoms with E-state index in [0.717, 1.165) is 0 Å². The van der Waals surface area contributed by atoms with Crippen LogP contribution in [0, 0.1) is 0 Å². The number of hydrogen-bond acceptors (Lipinski definition) is 8. The third-order valence-electron chi connectivity index (χ3n) is 0. The minimum Gasteiger partial charge on any atom is -0.822 e. The molecule has 12 heteroatoms. The van der Waals surface area contributed by atoms with Crippen LogP contribution in [0.15, 0.2) is 0 Å². The average molecular weight is 421 g/mol. The molecule has 0 N–H and O–H groups in total. The summed E-state index contributed by atoms with van der Waals surface area (Å²) in [6, 6.07) is 0. The van der Waals surface area contributed by atoms with Gasteiger partial charge < -0.3 is 28.4 Å². The van der Waals surface area contributed by atoms with Gasteiger partial charge in [0.05, 0.1) is 0 Å². The first-order chi connectivity index (χ1) is 4.00. The van der Waals surface area contributed by atoms with E-state index in [1.54, 1.807) is 0 Å². The fourth-order valence-electron chi connectivity index (χ4n) is 0. The standard InChI is InChI=1S/Na.H3O4P.H2O4S.Pb/c;2*1-5(2,3)4;/h;(H3,1,2,3,4);(H2,1,2,3,4);/q+1;;;/p-5. The van der Waals surface area contributed by atoms with Crippen LogP contribution in [0.1, 0.15) is 0 Å². The van der Waals surface area contributed by atoms with Gasteiger partial charge in [-0.1, -0.05) is 0 Å². The Morgan fingerprint density at radius 3 is 1.00 bits per heavy atom. The Labute approximate surface area is 111 Å². The summed E-state index contributed by atoms with van der Waals surface area (Å²) in [5.41, 5.74) is 0. The molecule has 0 aliphatic heterocycles. The summed E-state index contributed by atoms with van der Waals surface area (Å²) in [4.78, 5) is 25.6. The van der Waals surface area contributed by atoms with Gasteiger partial charge in [-0.15, -0.1) is 0 Å².